The third kappa shape index (κ3) is 3.85. The van der Waals surface area contributed by atoms with Crippen molar-refractivity contribution < 1.29 is 4.79 Å². The highest BCUT2D eigenvalue weighted by Gasteiger charge is 2.22. The van der Waals surface area contributed by atoms with Gasteiger partial charge in [0, 0.05) is 44.4 Å². The van der Waals surface area contributed by atoms with Crippen LogP contribution in [0.4, 0.5) is 0 Å². The van der Waals surface area contributed by atoms with E-state index in [0.29, 0.717) is 19.0 Å². The molecule has 0 aromatic carbocycles. The van der Waals surface area contributed by atoms with E-state index in [1.807, 2.05) is 24.9 Å². The molecule has 94 valence electrons. The average Bonchev–Trinajstić information content (AvgIpc) is 3.00. The normalized spacial score (nSPS) is 14.9. The van der Waals surface area contributed by atoms with Gasteiger partial charge in [-0.05, 0) is 19.8 Å². The van der Waals surface area contributed by atoms with Crippen molar-refractivity contribution in [3.8, 4) is 0 Å². The lowest BCUT2D eigenvalue weighted by Gasteiger charge is -2.04. The number of rotatable bonds is 6. The molecule has 1 aliphatic rings. The molecule has 0 spiro atoms. The molecule has 1 fully saturated rings. The van der Waals surface area contributed by atoms with Gasteiger partial charge >= 0.3 is 0 Å². The summed E-state index contributed by atoms with van der Waals surface area (Å²) in [4.78, 5) is 11.4. The summed E-state index contributed by atoms with van der Waals surface area (Å²) in [6.45, 7) is 3.49. The van der Waals surface area contributed by atoms with Crippen molar-refractivity contribution in [2.75, 3.05) is 6.54 Å². The summed E-state index contributed by atoms with van der Waals surface area (Å²) >= 11 is 0. The van der Waals surface area contributed by atoms with Gasteiger partial charge < -0.3 is 10.6 Å². The molecule has 1 aromatic rings. The molecule has 5 heteroatoms. The van der Waals surface area contributed by atoms with Crippen molar-refractivity contribution in [2.45, 2.75) is 38.8 Å². The summed E-state index contributed by atoms with van der Waals surface area (Å²) in [6, 6.07) is 0.461. The lowest BCUT2D eigenvalue weighted by molar-refractivity contribution is -0.121. The third-order valence-corrected chi connectivity index (χ3v) is 2.90. The summed E-state index contributed by atoms with van der Waals surface area (Å²) in [5, 5.41) is 10.5. The van der Waals surface area contributed by atoms with Gasteiger partial charge in [-0.2, -0.15) is 5.10 Å². The number of carbonyl (C=O) groups is 1. The maximum atomic E-state index is 11.4. The second-order valence-corrected chi connectivity index (χ2v) is 4.68. The minimum absolute atomic E-state index is 0.155. The molecule has 0 atom stereocenters. The van der Waals surface area contributed by atoms with Gasteiger partial charge in [0.25, 0.3) is 0 Å². The summed E-state index contributed by atoms with van der Waals surface area (Å²) < 4.78 is 1.81. The molecule has 0 radical (unpaired) electrons. The molecule has 0 aliphatic heterocycles. The van der Waals surface area contributed by atoms with Crippen LogP contribution in [0, 0.1) is 6.92 Å². The Balaban J connectivity index is 1.62. The van der Waals surface area contributed by atoms with Crippen molar-refractivity contribution >= 4 is 5.91 Å². The second-order valence-electron chi connectivity index (χ2n) is 4.68. The summed E-state index contributed by atoms with van der Waals surface area (Å²) in [5.41, 5.74) is 2.23. The highest BCUT2D eigenvalue weighted by molar-refractivity contribution is 5.76. The number of amides is 1. The molecular formula is C12H20N4O. The van der Waals surface area contributed by atoms with Gasteiger partial charge in [-0.15, -0.1) is 0 Å². The van der Waals surface area contributed by atoms with Crippen molar-refractivity contribution in [1.82, 2.24) is 20.4 Å². The van der Waals surface area contributed by atoms with Gasteiger partial charge in [-0.3, -0.25) is 9.48 Å². The molecule has 2 N–H and O–H groups in total. The van der Waals surface area contributed by atoms with Gasteiger partial charge in [-0.25, -0.2) is 0 Å². The van der Waals surface area contributed by atoms with E-state index in [9.17, 15) is 4.79 Å². The Kier molecular flexibility index (Phi) is 3.78. The zero-order valence-electron chi connectivity index (χ0n) is 10.5. The van der Waals surface area contributed by atoms with Crippen molar-refractivity contribution in [2.24, 2.45) is 7.05 Å². The molecule has 1 aromatic heterocycles. The van der Waals surface area contributed by atoms with Crippen LogP contribution in [0.15, 0.2) is 6.20 Å². The lowest BCUT2D eigenvalue weighted by atomic mass is 10.2. The predicted octanol–water partition coefficient (Wildman–Crippen LogP) is 0.487. The monoisotopic (exact) mass is 236 g/mol. The third-order valence-electron chi connectivity index (χ3n) is 2.90. The molecule has 1 amide bonds. The van der Waals surface area contributed by atoms with E-state index in [0.717, 1.165) is 25.1 Å². The van der Waals surface area contributed by atoms with Gasteiger partial charge in [0.2, 0.25) is 5.91 Å². The topological polar surface area (TPSA) is 59.0 Å². The molecule has 0 saturated heterocycles. The van der Waals surface area contributed by atoms with Crippen LogP contribution in [0.25, 0.3) is 0 Å². The zero-order chi connectivity index (χ0) is 12.3. The van der Waals surface area contributed by atoms with Crippen LogP contribution in [0.2, 0.25) is 0 Å². The Labute approximate surface area is 102 Å². The van der Waals surface area contributed by atoms with E-state index in [1.165, 1.54) is 5.56 Å². The standard InChI is InChI=1S/C12H20N4O/c1-9-10(8-16(2)15-9)7-13-6-5-12(17)14-11-3-4-11/h8,11,13H,3-7H2,1-2H3,(H,14,17). The van der Waals surface area contributed by atoms with Crippen LogP contribution in [0.3, 0.4) is 0 Å². The molecule has 5 nitrogen and oxygen atoms in total. The second kappa shape index (κ2) is 5.31. The predicted molar refractivity (Wildman–Crippen MR) is 65.4 cm³/mol. The van der Waals surface area contributed by atoms with Gasteiger partial charge in [0.05, 0.1) is 5.69 Å². The molecular weight excluding hydrogens is 216 g/mol. The smallest absolute Gasteiger partial charge is 0.221 e. The van der Waals surface area contributed by atoms with E-state index < -0.39 is 0 Å². The molecule has 1 aliphatic carbocycles. The number of aryl methyl sites for hydroxylation is 2. The lowest BCUT2D eigenvalue weighted by Crippen LogP contribution is -2.29. The van der Waals surface area contributed by atoms with Crippen LogP contribution in [-0.4, -0.2) is 28.3 Å². The molecule has 1 heterocycles. The Morgan fingerprint density at radius 1 is 1.59 bits per heavy atom. The van der Waals surface area contributed by atoms with Crippen LogP contribution >= 0.6 is 0 Å². The van der Waals surface area contributed by atoms with E-state index in [1.54, 1.807) is 0 Å². The van der Waals surface area contributed by atoms with Gasteiger partial charge in [0.1, 0.15) is 0 Å². The highest BCUT2D eigenvalue weighted by Crippen LogP contribution is 2.18. The zero-order valence-corrected chi connectivity index (χ0v) is 10.5. The Morgan fingerprint density at radius 2 is 2.35 bits per heavy atom. The quantitative estimate of drug-likeness (QED) is 0.707. The number of nitrogens with zero attached hydrogens (tertiary/aromatic N) is 2. The van der Waals surface area contributed by atoms with Crippen molar-refractivity contribution in [1.29, 1.82) is 0 Å². The number of hydrogen-bond acceptors (Lipinski definition) is 3. The van der Waals surface area contributed by atoms with Crippen molar-refractivity contribution in [3.63, 3.8) is 0 Å². The first-order valence-electron chi connectivity index (χ1n) is 6.14. The SMILES string of the molecule is Cc1nn(C)cc1CNCCC(=O)NC1CC1. The number of nitrogens with one attached hydrogen (secondary N) is 2. The molecule has 0 bridgehead atoms. The fraction of sp³-hybridized carbons (Fsp3) is 0.667. The Bertz CT molecular complexity index is 395. The van der Waals surface area contributed by atoms with Crippen LogP contribution in [0.1, 0.15) is 30.5 Å². The van der Waals surface area contributed by atoms with Crippen LogP contribution < -0.4 is 10.6 Å². The molecule has 0 unspecified atom stereocenters. The highest BCUT2D eigenvalue weighted by atomic mass is 16.1. The molecule has 17 heavy (non-hydrogen) atoms. The van der Waals surface area contributed by atoms with E-state index >= 15 is 0 Å². The minimum Gasteiger partial charge on any atom is -0.353 e. The fourth-order valence-electron chi connectivity index (χ4n) is 1.77. The maximum Gasteiger partial charge on any atom is 0.221 e. The first-order chi connectivity index (χ1) is 8.15. The fourth-order valence-corrected chi connectivity index (χ4v) is 1.77. The molecule has 2 rings (SSSR count). The number of carbonyl (C=O) groups excluding carboxylic acids is 1. The Hall–Kier alpha value is -1.36. The number of hydrogen-bond donors (Lipinski definition) is 2. The van der Waals surface area contributed by atoms with Gasteiger partial charge in [0.15, 0.2) is 0 Å². The maximum absolute atomic E-state index is 11.4. The first-order valence-corrected chi connectivity index (χ1v) is 6.14. The molecule has 1 saturated carbocycles. The minimum atomic E-state index is 0.155. The Morgan fingerprint density at radius 3 is 2.94 bits per heavy atom. The van der Waals surface area contributed by atoms with Crippen LogP contribution in [-0.2, 0) is 18.4 Å². The van der Waals surface area contributed by atoms with E-state index in [2.05, 4.69) is 15.7 Å². The van der Waals surface area contributed by atoms with Crippen LogP contribution in [0.5, 0.6) is 0 Å². The van der Waals surface area contributed by atoms with Gasteiger partial charge in [-0.1, -0.05) is 0 Å². The summed E-state index contributed by atoms with van der Waals surface area (Å²) in [5.74, 6) is 0.155. The van der Waals surface area contributed by atoms with E-state index in [4.69, 9.17) is 0 Å². The van der Waals surface area contributed by atoms with Crippen molar-refractivity contribution in [3.05, 3.63) is 17.5 Å². The summed E-state index contributed by atoms with van der Waals surface area (Å²) in [6.07, 6.45) is 4.85. The largest absolute Gasteiger partial charge is 0.353 e. The number of aromatic nitrogens is 2. The average molecular weight is 236 g/mol. The summed E-state index contributed by atoms with van der Waals surface area (Å²) in [7, 11) is 1.92. The van der Waals surface area contributed by atoms with E-state index in [-0.39, 0.29) is 5.91 Å². The first kappa shape index (κ1) is 12.1.